The second-order valence-electron chi connectivity index (χ2n) is 6.58. The lowest BCUT2D eigenvalue weighted by Crippen LogP contribution is -2.38. The van der Waals surface area contributed by atoms with Crippen LogP contribution in [0.1, 0.15) is 18.9 Å². The van der Waals surface area contributed by atoms with E-state index in [2.05, 4.69) is 15.4 Å². The van der Waals surface area contributed by atoms with Crippen molar-refractivity contribution < 1.29 is 8.42 Å². The molecule has 3 aromatic rings. The predicted molar refractivity (Wildman–Crippen MR) is 99.4 cm³/mol. The molecule has 8 nitrogen and oxygen atoms in total. The van der Waals surface area contributed by atoms with Gasteiger partial charge >= 0.3 is 0 Å². The molecule has 0 amide bonds. The molecule has 0 bridgehead atoms. The van der Waals surface area contributed by atoms with Crippen molar-refractivity contribution in [3.05, 3.63) is 29.4 Å². The van der Waals surface area contributed by atoms with Crippen molar-refractivity contribution in [1.82, 2.24) is 29.1 Å². The van der Waals surface area contributed by atoms with Gasteiger partial charge in [-0.3, -0.25) is 4.68 Å². The number of rotatable bonds is 3. The Kier molecular flexibility index (Phi) is 4.25. The molecule has 0 spiro atoms. The second-order valence-corrected chi connectivity index (χ2v) is 8.97. The molecular formula is C16H19ClN6O2S. The summed E-state index contributed by atoms with van der Waals surface area (Å²) < 4.78 is 28.4. The van der Waals surface area contributed by atoms with Gasteiger partial charge in [-0.25, -0.2) is 17.4 Å². The Morgan fingerprint density at radius 3 is 2.65 bits per heavy atom. The summed E-state index contributed by atoms with van der Waals surface area (Å²) in [5.41, 5.74) is 2.30. The standard InChI is InChI=1S/C16H19ClN6O2S/c1-21-14-5-3-4-12(17)15(14)16(19-21)13-10-23(20-18-13)11-6-8-22(9-7-11)26(2,24)25/h3-5,10-11H,6-9H2,1-2H3. The second kappa shape index (κ2) is 6.33. The third-order valence-electron chi connectivity index (χ3n) is 4.85. The average molecular weight is 395 g/mol. The number of hydrogen-bond acceptors (Lipinski definition) is 5. The molecule has 1 fully saturated rings. The summed E-state index contributed by atoms with van der Waals surface area (Å²) in [4.78, 5) is 0. The van der Waals surface area contributed by atoms with E-state index in [1.807, 2.05) is 36.1 Å². The van der Waals surface area contributed by atoms with E-state index in [1.54, 1.807) is 4.68 Å². The van der Waals surface area contributed by atoms with Gasteiger partial charge in [-0.2, -0.15) is 5.10 Å². The van der Waals surface area contributed by atoms with E-state index < -0.39 is 10.0 Å². The van der Waals surface area contributed by atoms with E-state index in [4.69, 9.17) is 11.6 Å². The number of piperidine rings is 1. The fraction of sp³-hybridized carbons (Fsp3) is 0.438. The van der Waals surface area contributed by atoms with Gasteiger partial charge in [0.15, 0.2) is 0 Å². The molecule has 3 heterocycles. The zero-order chi connectivity index (χ0) is 18.5. The number of halogens is 1. The lowest BCUT2D eigenvalue weighted by Gasteiger charge is -2.29. The molecule has 138 valence electrons. The van der Waals surface area contributed by atoms with E-state index in [-0.39, 0.29) is 6.04 Å². The van der Waals surface area contributed by atoms with Gasteiger partial charge < -0.3 is 0 Å². The van der Waals surface area contributed by atoms with Crippen molar-refractivity contribution in [2.45, 2.75) is 18.9 Å². The van der Waals surface area contributed by atoms with Crippen LogP contribution in [0.4, 0.5) is 0 Å². The minimum absolute atomic E-state index is 0.125. The highest BCUT2D eigenvalue weighted by Gasteiger charge is 2.27. The molecule has 1 saturated heterocycles. The molecule has 0 atom stereocenters. The average Bonchev–Trinajstić information content (AvgIpc) is 3.20. The first kappa shape index (κ1) is 17.4. The number of benzene rings is 1. The number of aromatic nitrogens is 5. The van der Waals surface area contributed by atoms with Gasteiger partial charge in [0.1, 0.15) is 11.4 Å². The molecule has 0 unspecified atom stereocenters. The SMILES string of the molecule is Cn1nc(-c2cn(C3CCN(S(C)(=O)=O)CC3)nn2)c2c(Cl)cccc21. The van der Waals surface area contributed by atoms with E-state index in [1.165, 1.54) is 10.6 Å². The molecule has 0 radical (unpaired) electrons. The lowest BCUT2D eigenvalue weighted by atomic mass is 10.1. The largest absolute Gasteiger partial charge is 0.267 e. The van der Waals surface area contributed by atoms with Gasteiger partial charge in [-0.15, -0.1) is 5.10 Å². The summed E-state index contributed by atoms with van der Waals surface area (Å²) >= 11 is 6.37. The maximum atomic E-state index is 11.6. The first-order valence-corrected chi connectivity index (χ1v) is 10.6. The molecule has 0 aliphatic carbocycles. The van der Waals surface area contributed by atoms with Crippen molar-refractivity contribution in [2.75, 3.05) is 19.3 Å². The smallest absolute Gasteiger partial charge is 0.211 e. The Balaban J connectivity index is 1.62. The van der Waals surface area contributed by atoms with Crippen LogP contribution < -0.4 is 0 Å². The maximum Gasteiger partial charge on any atom is 0.211 e. The zero-order valence-electron chi connectivity index (χ0n) is 14.5. The fourth-order valence-electron chi connectivity index (χ4n) is 3.45. The van der Waals surface area contributed by atoms with Crippen molar-refractivity contribution in [1.29, 1.82) is 0 Å². The summed E-state index contributed by atoms with van der Waals surface area (Å²) in [6.45, 7) is 0.994. The molecule has 0 N–H and O–H groups in total. The Bertz CT molecular complexity index is 1070. The Morgan fingerprint density at radius 2 is 1.96 bits per heavy atom. The quantitative estimate of drug-likeness (QED) is 0.678. The summed E-state index contributed by atoms with van der Waals surface area (Å²) in [6.07, 6.45) is 4.53. The van der Waals surface area contributed by atoms with Gasteiger partial charge in [0.05, 0.1) is 29.0 Å². The third-order valence-corrected chi connectivity index (χ3v) is 6.46. The van der Waals surface area contributed by atoms with Crippen molar-refractivity contribution >= 4 is 32.5 Å². The lowest BCUT2D eigenvalue weighted by molar-refractivity contribution is 0.259. The monoisotopic (exact) mass is 394 g/mol. The van der Waals surface area contributed by atoms with Crippen LogP contribution in [0.25, 0.3) is 22.3 Å². The molecule has 2 aromatic heterocycles. The first-order valence-electron chi connectivity index (χ1n) is 8.33. The van der Waals surface area contributed by atoms with Gasteiger partial charge in [-0.1, -0.05) is 22.9 Å². The number of nitrogens with zero attached hydrogens (tertiary/aromatic N) is 6. The van der Waals surface area contributed by atoms with E-state index in [9.17, 15) is 8.42 Å². The van der Waals surface area contributed by atoms with Gasteiger partial charge in [0.25, 0.3) is 0 Å². The van der Waals surface area contributed by atoms with Gasteiger partial charge in [0, 0.05) is 25.5 Å². The summed E-state index contributed by atoms with van der Waals surface area (Å²) in [6, 6.07) is 5.81. The molecule has 0 saturated carbocycles. The van der Waals surface area contributed by atoms with E-state index >= 15 is 0 Å². The molecular weight excluding hydrogens is 376 g/mol. The zero-order valence-corrected chi connectivity index (χ0v) is 16.1. The molecule has 4 rings (SSSR count). The first-order chi connectivity index (χ1) is 12.3. The highest BCUT2D eigenvalue weighted by molar-refractivity contribution is 7.88. The highest BCUT2D eigenvalue weighted by Crippen LogP contribution is 2.32. The van der Waals surface area contributed by atoms with E-state index in [0.29, 0.717) is 42.3 Å². The van der Waals surface area contributed by atoms with Crippen LogP contribution in [0.5, 0.6) is 0 Å². The summed E-state index contributed by atoms with van der Waals surface area (Å²) in [5.74, 6) is 0. The van der Waals surface area contributed by atoms with Crippen LogP contribution >= 0.6 is 11.6 Å². The number of sulfonamides is 1. The topological polar surface area (TPSA) is 85.9 Å². The van der Waals surface area contributed by atoms with Crippen LogP contribution in [0, 0.1) is 0 Å². The van der Waals surface area contributed by atoms with Crippen molar-refractivity contribution in [3.8, 4) is 11.4 Å². The van der Waals surface area contributed by atoms with Gasteiger partial charge in [-0.05, 0) is 25.0 Å². The molecule has 26 heavy (non-hydrogen) atoms. The number of fused-ring (bicyclic) bond motifs is 1. The number of hydrogen-bond donors (Lipinski definition) is 0. The highest BCUT2D eigenvalue weighted by atomic mass is 35.5. The minimum atomic E-state index is -3.13. The van der Waals surface area contributed by atoms with Crippen molar-refractivity contribution in [3.63, 3.8) is 0 Å². The molecule has 10 heteroatoms. The van der Waals surface area contributed by atoms with Crippen LogP contribution in [-0.2, 0) is 17.1 Å². The van der Waals surface area contributed by atoms with Crippen LogP contribution in [0.15, 0.2) is 24.4 Å². The molecule has 1 aliphatic rings. The van der Waals surface area contributed by atoms with Crippen molar-refractivity contribution in [2.24, 2.45) is 7.05 Å². The van der Waals surface area contributed by atoms with Gasteiger partial charge in [0.2, 0.25) is 10.0 Å². The molecule has 1 aromatic carbocycles. The van der Waals surface area contributed by atoms with Crippen LogP contribution in [-0.4, -0.2) is 56.8 Å². The van der Waals surface area contributed by atoms with Crippen LogP contribution in [0.2, 0.25) is 5.02 Å². The molecule has 1 aliphatic heterocycles. The summed E-state index contributed by atoms with van der Waals surface area (Å²) in [7, 11) is -1.27. The maximum absolute atomic E-state index is 11.6. The predicted octanol–water partition coefficient (Wildman–Crippen LogP) is 2.08. The Labute approximate surface area is 156 Å². The number of aryl methyl sites for hydroxylation is 1. The summed E-state index contributed by atoms with van der Waals surface area (Å²) in [5, 5.41) is 14.6. The van der Waals surface area contributed by atoms with E-state index in [0.717, 1.165) is 10.9 Å². The fourth-order valence-corrected chi connectivity index (χ4v) is 4.59. The minimum Gasteiger partial charge on any atom is -0.267 e. The Morgan fingerprint density at radius 1 is 1.23 bits per heavy atom. The Hall–Kier alpha value is -1.97. The normalized spacial score (nSPS) is 17.2. The van der Waals surface area contributed by atoms with Crippen LogP contribution in [0.3, 0.4) is 0 Å². The third kappa shape index (κ3) is 3.00.